The summed E-state index contributed by atoms with van der Waals surface area (Å²) in [6.07, 6.45) is 1.75. The Kier molecular flexibility index (Phi) is 4.66. The molecule has 1 aromatic carbocycles. The first-order valence-corrected chi connectivity index (χ1v) is 10.7. The Labute approximate surface area is 156 Å². The van der Waals surface area contributed by atoms with E-state index in [9.17, 15) is 13.2 Å². The molecule has 4 rings (SSSR count). The van der Waals surface area contributed by atoms with Gasteiger partial charge >= 0.3 is 0 Å². The second kappa shape index (κ2) is 6.96. The number of sulfonamides is 1. The maximum atomic E-state index is 12.7. The SMILES string of the molecule is O=C(CN1CCN(S(=O)(=O)c2cccs2)CC1)c1c[nH]c2ccccc12. The number of ketones is 1. The van der Waals surface area contributed by atoms with Crippen LogP contribution < -0.4 is 0 Å². The molecule has 1 aliphatic rings. The molecule has 0 spiro atoms. The summed E-state index contributed by atoms with van der Waals surface area (Å²) in [5.74, 6) is 0.0528. The molecular formula is C18H19N3O3S2. The van der Waals surface area contributed by atoms with Crippen molar-refractivity contribution in [2.75, 3.05) is 32.7 Å². The molecule has 0 unspecified atom stereocenters. The number of para-hydroxylation sites is 1. The van der Waals surface area contributed by atoms with Gasteiger partial charge in [0, 0.05) is 48.8 Å². The van der Waals surface area contributed by atoms with Gasteiger partial charge in [-0.25, -0.2) is 8.42 Å². The van der Waals surface area contributed by atoms with Crippen LogP contribution in [0, 0.1) is 0 Å². The van der Waals surface area contributed by atoms with Crippen LogP contribution >= 0.6 is 11.3 Å². The van der Waals surface area contributed by atoms with Crippen molar-refractivity contribution in [2.45, 2.75) is 4.21 Å². The Hall–Kier alpha value is -2.00. The molecule has 0 bridgehead atoms. The molecule has 0 amide bonds. The van der Waals surface area contributed by atoms with Crippen LogP contribution in [0.1, 0.15) is 10.4 Å². The average Bonchev–Trinajstić information content (AvgIpc) is 3.32. The van der Waals surface area contributed by atoms with Crippen LogP contribution in [0.4, 0.5) is 0 Å². The number of carbonyl (C=O) groups excluding carboxylic acids is 1. The molecule has 1 aliphatic heterocycles. The topological polar surface area (TPSA) is 73.5 Å². The lowest BCUT2D eigenvalue weighted by Gasteiger charge is -2.33. The molecule has 3 heterocycles. The van der Waals surface area contributed by atoms with E-state index in [0.29, 0.717) is 42.5 Å². The maximum Gasteiger partial charge on any atom is 0.252 e. The third-order valence-electron chi connectivity index (χ3n) is 4.68. The molecule has 8 heteroatoms. The van der Waals surface area contributed by atoms with Gasteiger partial charge in [0.15, 0.2) is 5.78 Å². The lowest BCUT2D eigenvalue weighted by Crippen LogP contribution is -2.49. The highest BCUT2D eigenvalue weighted by Crippen LogP contribution is 2.22. The fourth-order valence-electron chi connectivity index (χ4n) is 3.26. The zero-order valence-electron chi connectivity index (χ0n) is 14.1. The van der Waals surface area contributed by atoms with Crippen LogP contribution in [0.3, 0.4) is 0 Å². The molecule has 0 aliphatic carbocycles. The van der Waals surface area contributed by atoms with Gasteiger partial charge in [-0.05, 0) is 17.5 Å². The van der Waals surface area contributed by atoms with Crippen molar-refractivity contribution in [2.24, 2.45) is 0 Å². The van der Waals surface area contributed by atoms with Gasteiger partial charge in [0.25, 0.3) is 10.0 Å². The Morgan fingerprint density at radius 3 is 2.58 bits per heavy atom. The van der Waals surface area contributed by atoms with Crippen LogP contribution in [-0.4, -0.2) is 61.1 Å². The van der Waals surface area contributed by atoms with Gasteiger partial charge in [-0.1, -0.05) is 24.3 Å². The van der Waals surface area contributed by atoms with Crippen molar-refractivity contribution in [3.05, 3.63) is 53.5 Å². The van der Waals surface area contributed by atoms with E-state index in [2.05, 4.69) is 4.98 Å². The predicted molar refractivity (Wildman–Crippen MR) is 102 cm³/mol. The fraction of sp³-hybridized carbons (Fsp3) is 0.278. The van der Waals surface area contributed by atoms with E-state index in [1.54, 1.807) is 23.7 Å². The maximum absolute atomic E-state index is 12.7. The van der Waals surface area contributed by atoms with Crippen molar-refractivity contribution in [3.63, 3.8) is 0 Å². The predicted octanol–water partition coefficient (Wildman–Crippen LogP) is 2.42. The van der Waals surface area contributed by atoms with Gasteiger partial charge in [-0.2, -0.15) is 4.31 Å². The molecule has 0 radical (unpaired) electrons. The van der Waals surface area contributed by atoms with Crippen LogP contribution in [0.2, 0.25) is 0 Å². The number of hydrogen-bond acceptors (Lipinski definition) is 5. The zero-order valence-corrected chi connectivity index (χ0v) is 15.7. The summed E-state index contributed by atoms with van der Waals surface area (Å²) >= 11 is 1.23. The second-order valence-corrected chi connectivity index (χ2v) is 9.40. The van der Waals surface area contributed by atoms with Crippen LogP contribution in [-0.2, 0) is 10.0 Å². The van der Waals surface area contributed by atoms with Gasteiger partial charge in [-0.3, -0.25) is 9.69 Å². The number of H-pyrrole nitrogens is 1. The smallest absolute Gasteiger partial charge is 0.252 e. The highest BCUT2D eigenvalue weighted by atomic mass is 32.2. The molecule has 26 heavy (non-hydrogen) atoms. The quantitative estimate of drug-likeness (QED) is 0.680. The van der Waals surface area contributed by atoms with Crippen molar-refractivity contribution >= 4 is 38.0 Å². The standard InChI is InChI=1S/C18H19N3O3S2/c22-17(15-12-19-16-5-2-1-4-14(15)16)13-20-7-9-21(10-8-20)26(23,24)18-6-3-11-25-18/h1-6,11-12,19H,7-10,13H2. The van der Waals surface area contributed by atoms with E-state index in [0.717, 1.165) is 10.9 Å². The van der Waals surface area contributed by atoms with Gasteiger partial charge in [0.1, 0.15) is 4.21 Å². The fourth-order valence-corrected chi connectivity index (χ4v) is 5.82. The number of nitrogens with one attached hydrogen (secondary N) is 1. The summed E-state index contributed by atoms with van der Waals surface area (Å²) in [5.41, 5.74) is 1.64. The molecule has 2 aromatic heterocycles. The summed E-state index contributed by atoms with van der Waals surface area (Å²) < 4.78 is 27.0. The highest BCUT2D eigenvalue weighted by molar-refractivity contribution is 7.91. The Morgan fingerprint density at radius 2 is 1.85 bits per heavy atom. The number of carbonyl (C=O) groups is 1. The molecular weight excluding hydrogens is 370 g/mol. The normalized spacial score (nSPS) is 16.9. The van der Waals surface area contributed by atoms with Crippen LogP contribution in [0.25, 0.3) is 10.9 Å². The number of aromatic nitrogens is 1. The number of benzene rings is 1. The van der Waals surface area contributed by atoms with E-state index < -0.39 is 10.0 Å². The summed E-state index contributed by atoms with van der Waals surface area (Å²) in [6, 6.07) is 11.1. The summed E-state index contributed by atoms with van der Waals surface area (Å²) in [7, 11) is -3.41. The summed E-state index contributed by atoms with van der Waals surface area (Å²) in [6.45, 7) is 2.22. The number of rotatable bonds is 5. The van der Waals surface area contributed by atoms with Crippen LogP contribution in [0.5, 0.6) is 0 Å². The van der Waals surface area contributed by atoms with Gasteiger partial charge in [0.2, 0.25) is 0 Å². The lowest BCUT2D eigenvalue weighted by atomic mass is 10.1. The molecule has 0 saturated carbocycles. The number of Topliss-reactive ketones (excluding diaryl/α,β-unsaturated/α-hetero) is 1. The van der Waals surface area contributed by atoms with Gasteiger partial charge < -0.3 is 4.98 Å². The molecule has 3 aromatic rings. The number of piperazine rings is 1. The van der Waals surface area contributed by atoms with Crippen molar-refractivity contribution < 1.29 is 13.2 Å². The van der Waals surface area contributed by atoms with Crippen molar-refractivity contribution in [1.82, 2.24) is 14.2 Å². The van der Waals surface area contributed by atoms with E-state index in [4.69, 9.17) is 0 Å². The number of thiophene rings is 1. The average molecular weight is 390 g/mol. The second-order valence-electron chi connectivity index (χ2n) is 6.28. The van der Waals surface area contributed by atoms with Gasteiger partial charge in [0.05, 0.1) is 6.54 Å². The first-order chi connectivity index (χ1) is 12.6. The number of hydrogen-bond donors (Lipinski definition) is 1. The Morgan fingerprint density at radius 1 is 1.08 bits per heavy atom. The largest absolute Gasteiger partial charge is 0.360 e. The van der Waals surface area contributed by atoms with Crippen molar-refractivity contribution in [1.29, 1.82) is 0 Å². The number of fused-ring (bicyclic) bond motifs is 1. The van der Waals surface area contributed by atoms with E-state index in [1.807, 2.05) is 29.2 Å². The first kappa shape index (κ1) is 17.4. The lowest BCUT2D eigenvalue weighted by molar-refractivity contribution is 0.0903. The zero-order chi connectivity index (χ0) is 18.1. The first-order valence-electron chi connectivity index (χ1n) is 8.41. The number of aromatic amines is 1. The van der Waals surface area contributed by atoms with Crippen LogP contribution in [0.15, 0.2) is 52.2 Å². The third kappa shape index (κ3) is 3.21. The minimum Gasteiger partial charge on any atom is -0.360 e. The highest BCUT2D eigenvalue weighted by Gasteiger charge is 2.30. The third-order valence-corrected chi connectivity index (χ3v) is 7.95. The molecule has 1 saturated heterocycles. The van der Waals surface area contributed by atoms with E-state index in [1.165, 1.54) is 15.6 Å². The molecule has 0 atom stereocenters. The Bertz CT molecular complexity index is 1020. The number of nitrogens with zero attached hydrogens (tertiary/aromatic N) is 2. The monoisotopic (exact) mass is 389 g/mol. The molecule has 136 valence electrons. The van der Waals surface area contributed by atoms with E-state index >= 15 is 0 Å². The minimum absolute atomic E-state index is 0.0528. The van der Waals surface area contributed by atoms with Crippen molar-refractivity contribution in [3.8, 4) is 0 Å². The molecule has 6 nitrogen and oxygen atoms in total. The van der Waals surface area contributed by atoms with E-state index in [-0.39, 0.29) is 5.78 Å². The summed E-state index contributed by atoms with van der Waals surface area (Å²) in [5, 5.41) is 2.69. The summed E-state index contributed by atoms with van der Waals surface area (Å²) in [4.78, 5) is 17.8. The minimum atomic E-state index is -3.41. The Balaban J connectivity index is 1.40. The molecule has 1 N–H and O–H groups in total. The van der Waals surface area contributed by atoms with Gasteiger partial charge in [-0.15, -0.1) is 11.3 Å². The molecule has 1 fully saturated rings.